The Balaban J connectivity index is 1.10. The van der Waals surface area contributed by atoms with E-state index in [0.29, 0.717) is 54.0 Å². The highest BCUT2D eigenvalue weighted by Gasteiger charge is 2.34. The molecule has 3 fully saturated rings. The molecule has 16 heteroatoms. The second-order valence-electron chi connectivity index (χ2n) is 13.7. The van der Waals surface area contributed by atoms with Crippen LogP contribution in [-0.2, 0) is 17.4 Å². The number of hydrogen-bond acceptors (Lipinski definition) is 6. The number of aromatic amines is 1. The summed E-state index contributed by atoms with van der Waals surface area (Å²) in [6.07, 6.45) is 0.360. The Morgan fingerprint density at radius 1 is 0.922 bits per heavy atom. The molecule has 0 bridgehead atoms. The Hall–Kier alpha value is -3.34. The summed E-state index contributed by atoms with van der Waals surface area (Å²) in [7, 11) is 2.14. The number of alkyl halides is 3. The lowest BCUT2D eigenvalue weighted by molar-refractivity contribution is -0.137. The first-order chi connectivity index (χ1) is 24.3. The van der Waals surface area contributed by atoms with Crippen molar-refractivity contribution in [1.82, 2.24) is 34.5 Å². The maximum atomic E-state index is 14.0. The van der Waals surface area contributed by atoms with E-state index in [9.17, 15) is 32.7 Å². The molecule has 3 aromatic rings. The molecule has 0 spiro atoms. The van der Waals surface area contributed by atoms with Crippen molar-refractivity contribution in [3.05, 3.63) is 73.2 Å². The highest BCUT2D eigenvalue weighted by molar-refractivity contribution is 9.11. The zero-order valence-electron chi connectivity index (χ0n) is 28.3. The van der Waals surface area contributed by atoms with Crippen molar-refractivity contribution >= 4 is 43.8 Å². The number of hydrogen-bond donors (Lipinski definition) is 3. The fraction of sp³-hybridized carbons (Fsp3) is 0.514. The highest BCUT2D eigenvalue weighted by atomic mass is 79.9. The van der Waals surface area contributed by atoms with Crippen molar-refractivity contribution in [3.8, 4) is 17.0 Å². The lowest BCUT2D eigenvalue weighted by Crippen LogP contribution is -2.59. The minimum absolute atomic E-state index is 0.0436. The standard InChI is InChI=1S/C35H42Br2F3N7O4/c1-43-9-5-25(6-10-43)44-13-15-45(16-14-44)32(49)29(19-22-17-27(36)31(48)28(37)18-22)41-33(50)46-11-7-26(8-12-46)47-21-30(42-34(47)51)23-3-2-4-24(20-23)35(38,39)40/h2-4,17-18,20-21,25-26,29,48H,5-16,19H2,1H3,(H,41,50)(H,42,51)/t29-/m0/s1. The summed E-state index contributed by atoms with van der Waals surface area (Å²) in [6.45, 7) is 5.46. The van der Waals surface area contributed by atoms with Gasteiger partial charge in [0.05, 0.1) is 20.2 Å². The highest BCUT2D eigenvalue weighted by Crippen LogP contribution is 2.34. The van der Waals surface area contributed by atoms with Gasteiger partial charge in [-0.05, 0) is 108 Å². The van der Waals surface area contributed by atoms with Gasteiger partial charge in [0.25, 0.3) is 0 Å². The Bertz CT molecular complexity index is 1750. The van der Waals surface area contributed by atoms with Crippen LogP contribution < -0.4 is 11.0 Å². The van der Waals surface area contributed by atoms with Crippen LogP contribution in [0, 0.1) is 0 Å². The van der Waals surface area contributed by atoms with E-state index in [1.165, 1.54) is 22.9 Å². The van der Waals surface area contributed by atoms with Gasteiger partial charge in [0, 0.05) is 69.5 Å². The number of piperidine rings is 2. The zero-order valence-corrected chi connectivity index (χ0v) is 31.4. The Morgan fingerprint density at radius 2 is 1.55 bits per heavy atom. The summed E-state index contributed by atoms with van der Waals surface area (Å²) >= 11 is 6.73. The molecule has 0 aliphatic carbocycles. The van der Waals surface area contributed by atoms with Gasteiger partial charge in [0.2, 0.25) is 5.91 Å². The number of urea groups is 1. The number of carbonyl (C=O) groups excluding carboxylic acids is 2. The summed E-state index contributed by atoms with van der Waals surface area (Å²) in [5.74, 6) is -0.121. The monoisotopic (exact) mass is 839 g/mol. The van der Waals surface area contributed by atoms with Crippen LogP contribution >= 0.6 is 31.9 Å². The lowest BCUT2D eigenvalue weighted by Gasteiger charge is -2.43. The van der Waals surface area contributed by atoms with Crippen molar-refractivity contribution < 1.29 is 27.9 Å². The normalized spacial score (nSPS) is 19.3. The number of phenolic OH excluding ortho intramolecular Hbond substituents is 1. The maximum Gasteiger partial charge on any atom is 0.416 e. The van der Waals surface area contributed by atoms with Crippen molar-refractivity contribution in [2.24, 2.45) is 0 Å². The van der Waals surface area contributed by atoms with Gasteiger partial charge in [-0.3, -0.25) is 14.3 Å². The molecule has 2 aromatic carbocycles. The topological polar surface area (TPSA) is 117 Å². The van der Waals surface area contributed by atoms with Crippen molar-refractivity contribution in [3.63, 3.8) is 0 Å². The number of nitrogens with zero attached hydrogens (tertiary/aromatic N) is 5. The van der Waals surface area contributed by atoms with Crippen LogP contribution in [0.4, 0.5) is 18.0 Å². The van der Waals surface area contributed by atoms with Crippen LogP contribution in [0.15, 0.2) is 56.3 Å². The molecule has 1 atom stereocenters. The van der Waals surface area contributed by atoms with Gasteiger partial charge < -0.3 is 30.1 Å². The number of aromatic nitrogens is 2. The molecule has 3 amide bonds. The number of likely N-dealkylation sites (tertiary alicyclic amines) is 2. The van der Waals surface area contributed by atoms with E-state index in [2.05, 4.69) is 59.0 Å². The van der Waals surface area contributed by atoms with Crippen LogP contribution in [0.2, 0.25) is 0 Å². The van der Waals surface area contributed by atoms with E-state index in [1.807, 2.05) is 4.90 Å². The second-order valence-corrected chi connectivity index (χ2v) is 15.4. The SMILES string of the molecule is CN1CCC(N2CCN(C(=O)[C@H](Cc3cc(Br)c(O)c(Br)c3)NC(=O)N3CCC(n4cc(-c5cccc(C(F)(F)F)c5)[nH]c4=O)CC3)CC2)CC1. The first-order valence-corrected chi connectivity index (χ1v) is 18.8. The van der Waals surface area contributed by atoms with Crippen molar-refractivity contribution in [2.45, 2.75) is 56.4 Å². The zero-order chi connectivity index (χ0) is 36.4. The molecule has 0 radical (unpaired) electrons. The van der Waals surface area contributed by atoms with E-state index in [4.69, 9.17) is 0 Å². The summed E-state index contributed by atoms with van der Waals surface area (Å²) < 4.78 is 42.2. The van der Waals surface area contributed by atoms with E-state index in [0.717, 1.165) is 56.7 Å². The molecule has 11 nitrogen and oxygen atoms in total. The number of nitrogens with one attached hydrogen (secondary N) is 2. The lowest BCUT2D eigenvalue weighted by atomic mass is 10.0. The Morgan fingerprint density at radius 3 is 2.18 bits per heavy atom. The summed E-state index contributed by atoms with van der Waals surface area (Å²) in [5, 5.41) is 13.2. The number of amides is 3. The van der Waals surface area contributed by atoms with E-state index >= 15 is 0 Å². The first-order valence-electron chi connectivity index (χ1n) is 17.2. The van der Waals surface area contributed by atoms with Gasteiger partial charge >= 0.3 is 17.9 Å². The van der Waals surface area contributed by atoms with Gasteiger partial charge in [-0.25, -0.2) is 9.59 Å². The van der Waals surface area contributed by atoms with Crippen LogP contribution in [0.25, 0.3) is 11.3 Å². The van der Waals surface area contributed by atoms with Crippen molar-refractivity contribution in [2.75, 3.05) is 59.4 Å². The van der Waals surface area contributed by atoms with Gasteiger partial charge in [-0.1, -0.05) is 12.1 Å². The number of piperazine rings is 1. The predicted octanol–water partition coefficient (Wildman–Crippen LogP) is 5.29. The van der Waals surface area contributed by atoms with Gasteiger partial charge in [0.1, 0.15) is 11.8 Å². The number of carbonyl (C=O) groups is 2. The molecular weight excluding hydrogens is 799 g/mol. The molecule has 0 saturated carbocycles. The van der Waals surface area contributed by atoms with Gasteiger partial charge in [-0.15, -0.1) is 0 Å². The van der Waals surface area contributed by atoms with Crippen LogP contribution in [0.5, 0.6) is 5.75 Å². The maximum absolute atomic E-state index is 14.0. The molecule has 3 aliphatic rings. The summed E-state index contributed by atoms with van der Waals surface area (Å²) in [4.78, 5) is 51.5. The quantitative estimate of drug-likeness (QED) is 0.298. The smallest absolute Gasteiger partial charge is 0.416 e. The Kier molecular flexibility index (Phi) is 11.5. The van der Waals surface area contributed by atoms with Crippen molar-refractivity contribution in [1.29, 1.82) is 0 Å². The minimum atomic E-state index is -4.51. The predicted molar refractivity (Wildman–Crippen MR) is 194 cm³/mol. The largest absolute Gasteiger partial charge is 0.506 e. The number of halogens is 5. The second kappa shape index (κ2) is 15.7. The van der Waals surface area contributed by atoms with Gasteiger partial charge in [0.15, 0.2) is 0 Å². The summed E-state index contributed by atoms with van der Waals surface area (Å²) in [5.41, 5.74) is 0.0529. The minimum Gasteiger partial charge on any atom is -0.506 e. The van der Waals surface area contributed by atoms with Gasteiger partial charge in [-0.2, -0.15) is 13.2 Å². The average Bonchev–Trinajstić information content (AvgIpc) is 3.51. The van der Waals surface area contributed by atoms with Crippen LogP contribution in [-0.4, -0.2) is 118 Å². The van der Waals surface area contributed by atoms with Crippen LogP contribution in [0.1, 0.15) is 42.9 Å². The number of aromatic hydroxyl groups is 1. The number of phenols is 1. The third-order valence-corrected chi connectivity index (χ3v) is 11.5. The third kappa shape index (κ3) is 8.83. The molecule has 4 heterocycles. The van der Waals surface area contributed by atoms with E-state index < -0.39 is 23.5 Å². The molecule has 276 valence electrons. The fourth-order valence-corrected chi connectivity index (χ4v) is 8.62. The Labute approximate surface area is 311 Å². The number of rotatable bonds is 7. The molecular formula is C35H42Br2F3N7O4. The van der Waals surface area contributed by atoms with E-state index in [1.54, 1.807) is 17.0 Å². The molecule has 0 unspecified atom stereocenters. The number of H-pyrrole nitrogens is 1. The molecule has 3 aliphatic heterocycles. The molecule has 3 N–H and O–H groups in total. The fourth-order valence-electron chi connectivity index (χ4n) is 7.34. The average molecular weight is 842 g/mol. The first kappa shape index (κ1) is 37.4. The van der Waals surface area contributed by atoms with Crippen LogP contribution in [0.3, 0.4) is 0 Å². The molecule has 3 saturated heterocycles. The van der Waals surface area contributed by atoms with E-state index in [-0.39, 0.29) is 41.4 Å². The number of imidazole rings is 1. The summed E-state index contributed by atoms with van der Waals surface area (Å²) in [6, 6.07) is 7.29. The third-order valence-electron chi connectivity index (χ3n) is 10.3. The molecule has 1 aromatic heterocycles. The molecule has 6 rings (SSSR count). The molecule has 51 heavy (non-hydrogen) atoms. The number of benzene rings is 2.